The number of fused-ring (bicyclic) bond motifs is 1. The average molecular weight is 379 g/mol. The number of rotatable bonds is 5. The zero-order valence-corrected chi connectivity index (χ0v) is 15.4. The van der Waals surface area contributed by atoms with E-state index in [0.717, 1.165) is 5.56 Å². The summed E-state index contributed by atoms with van der Waals surface area (Å²) >= 11 is 0. The fourth-order valence-corrected chi connectivity index (χ4v) is 3.74. The molecule has 0 bridgehead atoms. The zero-order chi connectivity index (χ0) is 19.0. The lowest BCUT2D eigenvalue weighted by Gasteiger charge is -2.33. The van der Waals surface area contributed by atoms with Crippen molar-refractivity contribution in [2.45, 2.75) is 69.5 Å². The van der Waals surface area contributed by atoms with E-state index in [9.17, 15) is 9.90 Å². The van der Waals surface area contributed by atoms with Crippen molar-refractivity contribution in [2.75, 3.05) is 6.54 Å². The van der Waals surface area contributed by atoms with Gasteiger partial charge in [-0.05, 0) is 19.4 Å². The van der Waals surface area contributed by atoms with E-state index in [0.29, 0.717) is 19.6 Å². The van der Waals surface area contributed by atoms with Crippen molar-refractivity contribution in [1.29, 1.82) is 0 Å². The summed E-state index contributed by atoms with van der Waals surface area (Å²) in [6.07, 6.45) is -4.16. The van der Waals surface area contributed by atoms with Crippen molar-refractivity contribution in [1.82, 2.24) is 5.32 Å². The van der Waals surface area contributed by atoms with Gasteiger partial charge in [-0.1, -0.05) is 30.3 Å². The van der Waals surface area contributed by atoms with Gasteiger partial charge in [-0.15, -0.1) is 0 Å². The molecule has 0 unspecified atom stereocenters. The highest BCUT2D eigenvalue weighted by atomic mass is 16.8. The lowest BCUT2D eigenvalue weighted by atomic mass is 9.98. The molecule has 3 heterocycles. The van der Waals surface area contributed by atoms with Crippen molar-refractivity contribution in [3.05, 3.63) is 35.9 Å². The van der Waals surface area contributed by atoms with Gasteiger partial charge < -0.3 is 34.1 Å². The Morgan fingerprint density at radius 1 is 1.30 bits per heavy atom. The standard InChI is InChI=1S/C19H25NO7/c1-19(2)26-16-15(23-10-11-6-4-3-5-7-11)14(25-17(16)27-19)13(21)12-8-9-20-18(22)24-12/h3-7,12-17,21H,8-10H2,1-2H3,(H,20,22)/t12-,13-,14-,15+,16-,17-/m1/s1. The van der Waals surface area contributed by atoms with Gasteiger partial charge in [0.05, 0.1) is 6.61 Å². The number of amides is 1. The molecule has 8 nitrogen and oxygen atoms in total. The van der Waals surface area contributed by atoms with Crippen LogP contribution in [-0.2, 0) is 30.3 Å². The molecular formula is C19H25NO7. The summed E-state index contributed by atoms with van der Waals surface area (Å²) in [5, 5.41) is 13.4. The summed E-state index contributed by atoms with van der Waals surface area (Å²) < 4.78 is 29.0. The van der Waals surface area contributed by atoms with E-state index < -0.39 is 48.7 Å². The van der Waals surface area contributed by atoms with Crippen LogP contribution in [0.4, 0.5) is 4.79 Å². The molecule has 4 rings (SSSR count). The summed E-state index contributed by atoms with van der Waals surface area (Å²) in [6, 6.07) is 9.73. The number of ether oxygens (including phenoxy) is 5. The third kappa shape index (κ3) is 3.95. The Labute approximate surface area is 157 Å². The van der Waals surface area contributed by atoms with Gasteiger partial charge in [0.25, 0.3) is 0 Å². The summed E-state index contributed by atoms with van der Waals surface area (Å²) in [5.41, 5.74) is 1.00. The molecule has 2 N–H and O–H groups in total. The van der Waals surface area contributed by atoms with Crippen LogP contribution in [0.25, 0.3) is 0 Å². The molecule has 8 heteroatoms. The second-order valence-electron chi connectivity index (χ2n) is 7.48. The molecular weight excluding hydrogens is 354 g/mol. The van der Waals surface area contributed by atoms with Crippen LogP contribution < -0.4 is 5.32 Å². The first-order valence-corrected chi connectivity index (χ1v) is 9.22. The first-order chi connectivity index (χ1) is 12.9. The van der Waals surface area contributed by atoms with E-state index in [1.165, 1.54) is 0 Å². The minimum atomic E-state index is -1.04. The van der Waals surface area contributed by atoms with Gasteiger partial charge in [0.15, 0.2) is 12.1 Å². The van der Waals surface area contributed by atoms with Crippen molar-refractivity contribution >= 4 is 6.09 Å². The monoisotopic (exact) mass is 379 g/mol. The molecule has 3 fully saturated rings. The fourth-order valence-electron chi connectivity index (χ4n) is 3.74. The number of benzene rings is 1. The van der Waals surface area contributed by atoms with Gasteiger partial charge in [0.1, 0.15) is 30.5 Å². The zero-order valence-electron chi connectivity index (χ0n) is 15.4. The van der Waals surface area contributed by atoms with Crippen LogP contribution in [-0.4, -0.2) is 60.3 Å². The molecule has 3 aliphatic rings. The van der Waals surface area contributed by atoms with Crippen LogP contribution in [0.15, 0.2) is 30.3 Å². The highest BCUT2D eigenvalue weighted by Gasteiger charge is 2.58. The number of aliphatic hydroxyl groups excluding tert-OH is 1. The van der Waals surface area contributed by atoms with E-state index in [1.54, 1.807) is 0 Å². The maximum atomic E-state index is 11.5. The van der Waals surface area contributed by atoms with E-state index >= 15 is 0 Å². The van der Waals surface area contributed by atoms with E-state index in [2.05, 4.69) is 5.32 Å². The molecule has 148 valence electrons. The Balaban J connectivity index is 1.49. The number of aliphatic hydroxyl groups is 1. The molecule has 6 atom stereocenters. The predicted molar refractivity (Wildman–Crippen MR) is 92.6 cm³/mol. The molecule has 1 aromatic carbocycles. The van der Waals surface area contributed by atoms with Crippen molar-refractivity contribution in [3.8, 4) is 0 Å². The molecule has 27 heavy (non-hydrogen) atoms. The average Bonchev–Trinajstić information content (AvgIpc) is 3.12. The molecule has 1 aromatic rings. The van der Waals surface area contributed by atoms with Crippen LogP contribution in [0.1, 0.15) is 25.8 Å². The quantitative estimate of drug-likeness (QED) is 0.796. The number of carbonyl (C=O) groups excluding carboxylic acids is 1. The van der Waals surface area contributed by atoms with E-state index in [4.69, 9.17) is 23.7 Å². The summed E-state index contributed by atoms with van der Waals surface area (Å²) in [7, 11) is 0. The van der Waals surface area contributed by atoms with Crippen molar-refractivity contribution in [2.24, 2.45) is 0 Å². The lowest BCUT2D eigenvalue weighted by Crippen LogP contribution is -2.52. The van der Waals surface area contributed by atoms with Gasteiger partial charge in [0, 0.05) is 13.0 Å². The summed E-state index contributed by atoms with van der Waals surface area (Å²) in [5.74, 6) is -0.791. The van der Waals surface area contributed by atoms with Crippen LogP contribution in [0.2, 0.25) is 0 Å². The number of alkyl carbamates (subject to hydrolysis) is 1. The molecule has 0 spiro atoms. The van der Waals surface area contributed by atoms with Gasteiger partial charge in [-0.3, -0.25) is 0 Å². The Morgan fingerprint density at radius 2 is 2.07 bits per heavy atom. The Kier molecular flexibility index (Phi) is 5.09. The number of cyclic esters (lactones) is 1. The van der Waals surface area contributed by atoms with Crippen molar-refractivity contribution < 1.29 is 33.6 Å². The Morgan fingerprint density at radius 3 is 2.81 bits per heavy atom. The normalized spacial score (nSPS) is 36.0. The second-order valence-corrected chi connectivity index (χ2v) is 7.48. The van der Waals surface area contributed by atoms with E-state index in [-0.39, 0.29) is 0 Å². The van der Waals surface area contributed by atoms with Gasteiger partial charge in [-0.25, -0.2) is 4.79 Å². The Hall–Kier alpha value is -1.71. The largest absolute Gasteiger partial charge is 0.443 e. The number of carbonyl (C=O) groups is 1. The first-order valence-electron chi connectivity index (χ1n) is 9.22. The summed E-state index contributed by atoms with van der Waals surface area (Å²) in [6.45, 7) is 4.40. The maximum absolute atomic E-state index is 11.5. The summed E-state index contributed by atoms with van der Waals surface area (Å²) in [4.78, 5) is 11.5. The van der Waals surface area contributed by atoms with Crippen LogP contribution >= 0.6 is 0 Å². The lowest BCUT2D eigenvalue weighted by molar-refractivity contribution is -0.236. The fraction of sp³-hybridized carbons (Fsp3) is 0.632. The third-order valence-electron chi connectivity index (χ3n) is 4.99. The molecule has 3 aliphatic heterocycles. The van der Waals surface area contributed by atoms with Crippen LogP contribution in [0.5, 0.6) is 0 Å². The Bertz CT molecular complexity index is 667. The maximum Gasteiger partial charge on any atom is 0.407 e. The number of hydrogen-bond donors (Lipinski definition) is 2. The second kappa shape index (κ2) is 7.37. The first kappa shape index (κ1) is 18.6. The molecule has 0 radical (unpaired) electrons. The van der Waals surface area contributed by atoms with E-state index in [1.807, 2.05) is 44.2 Å². The molecule has 3 saturated heterocycles. The number of hydrogen-bond acceptors (Lipinski definition) is 7. The predicted octanol–water partition coefficient (Wildman–Crippen LogP) is 1.31. The molecule has 0 aliphatic carbocycles. The van der Waals surface area contributed by atoms with Gasteiger partial charge in [-0.2, -0.15) is 0 Å². The highest BCUT2D eigenvalue weighted by molar-refractivity contribution is 5.68. The SMILES string of the molecule is CC1(C)O[C@H]2O[C@H]([C@H](O)[C@H]3CCNC(=O)O3)[C@H](OCc3ccccc3)[C@H]2O1. The smallest absolute Gasteiger partial charge is 0.407 e. The topological polar surface area (TPSA) is 95.5 Å². The van der Waals surface area contributed by atoms with Crippen LogP contribution in [0.3, 0.4) is 0 Å². The van der Waals surface area contributed by atoms with Gasteiger partial charge >= 0.3 is 6.09 Å². The molecule has 0 aromatic heterocycles. The highest BCUT2D eigenvalue weighted by Crippen LogP contribution is 2.40. The van der Waals surface area contributed by atoms with Crippen LogP contribution in [0, 0.1) is 0 Å². The molecule has 1 amide bonds. The van der Waals surface area contributed by atoms with Gasteiger partial charge in [0.2, 0.25) is 0 Å². The van der Waals surface area contributed by atoms with Crippen molar-refractivity contribution in [3.63, 3.8) is 0 Å². The minimum absolute atomic E-state index is 0.344. The molecule has 0 saturated carbocycles. The minimum Gasteiger partial charge on any atom is -0.443 e. The number of nitrogens with one attached hydrogen (secondary N) is 1. The third-order valence-corrected chi connectivity index (χ3v) is 4.99.